The van der Waals surface area contributed by atoms with Gasteiger partial charge in [0.2, 0.25) is 5.91 Å². The van der Waals surface area contributed by atoms with E-state index in [2.05, 4.69) is 53.5 Å². The second kappa shape index (κ2) is 19.8. The minimum absolute atomic E-state index is 0.0220. The molecule has 47 heavy (non-hydrogen) atoms. The molecule has 2 saturated heterocycles. The van der Waals surface area contributed by atoms with Crippen LogP contribution in [-0.4, -0.2) is 79.0 Å². The van der Waals surface area contributed by atoms with Gasteiger partial charge in [-0.2, -0.15) is 0 Å². The molecule has 6 atom stereocenters. The maximum Gasteiger partial charge on any atom is 0.232 e. The molecule has 8 nitrogen and oxygen atoms in total. The molecule has 4 aliphatic rings. The van der Waals surface area contributed by atoms with Gasteiger partial charge < -0.3 is 32.3 Å². The van der Waals surface area contributed by atoms with E-state index in [1.165, 1.54) is 19.1 Å². The Morgan fingerprint density at radius 2 is 1.79 bits per heavy atom. The number of carbonyl (C=O) groups is 1. The van der Waals surface area contributed by atoms with Gasteiger partial charge in [-0.05, 0) is 63.2 Å². The standard InChI is InChI=1S/C37H69ClFN7O/c1-6-10-17-36(16-8-3,18-11-7-2)20-15-29(39)25-43-27(5)30(34(40)41)35(47)45-32-31-28(9-4)14-12-13-19-37(38,26-44-31)33(32)46-23-21-42-22-24-46/h25,27-31,34,42,44H,6-24,26,40-41H2,1-5H3,(H,45,47)/b43-25-. The maximum atomic E-state index is 15.5. The van der Waals surface area contributed by atoms with E-state index in [1.807, 2.05) is 6.92 Å². The molecule has 0 radical (unpaired) electrons. The normalized spacial score (nSPS) is 26.3. The summed E-state index contributed by atoms with van der Waals surface area (Å²) in [7, 11) is 0. The molecule has 7 N–H and O–H groups in total. The highest BCUT2D eigenvalue weighted by Crippen LogP contribution is 2.43. The third-order valence-corrected chi connectivity index (χ3v) is 11.8. The van der Waals surface area contributed by atoms with Crippen LogP contribution in [0.4, 0.5) is 4.39 Å². The quantitative estimate of drug-likeness (QED) is 0.0614. The highest BCUT2D eigenvalue weighted by atomic mass is 35.5. The van der Waals surface area contributed by atoms with Gasteiger partial charge in [-0.15, -0.1) is 11.6 Å². The number of carbonyl (C=O) groups excluding carboxylic acids is 1. The first kappa shape index (κ1) is 40.2. The van der Waals surface area contributed by atoms with Crippen molar-refractivity contribution in [1.82, 2.24) is 20.9 Å². The summed E-state index contributed by atoms with van der Waals surface area (Å²) >= 11 is 7.49. The zero-order valence-electron chi connectivity index (χ0n) is 30.4. The van der Waals surface area contributed by atoms with Gasteiger partial charge in [0.15, 0.2) is 0 Å². The predicted octanol–water partition coefficient (Wildman–Crippen LogP) is 6.37. The van der Waals surface area contributed by atoms with Crippen molar-refractivity contribution in [3.8, 4) is 0 Å². The van der Waals surface area contributed by atoms with Crippen LogP contribution in [0.2, 0.25) is 0 Å². The number of hydrogen-bond acceptors (Lipinski definition) is 7. The number of nitrogens with two attached hydrogens (primary N) is 2. The molecule has 2 bridgehead atoms. The Morgan fingerprint density at radius 1 is 1.11 bits per heavy atom. The predicted molar refractivity (Wildman–Crippen MR) is 196 cm³/mol. The highest BCUT2D eigenvalue weighted by molar-refractivity contribution is 6.26. The number of alkyl halides is 2. The molecule has 3 heterocycles. The summed E-state index contributed by atoms with van der Waals surface area (Å²) in [6, 6.07) is -0.600. The summed E-state index contributed by atoms with van der Waals surface area (Å²) in [5, 5.41) is 10.5. The number of hydrogen-bond donors (Lipinski definition) is 5. The molecule has 0 saturated carbocycles. The number of unbranched alkanes of at least 4 members (excludes halogenated alkanes) is 2. The first-order valence-electron chi connectivity index (χ1n) is 19.2. The number of aliphatic imine (C=N–C) groups is 1. The summed E-state index contributed by atoms with van der Waals surface area (Å²) in [5.41, 5.74) is 14.7. The average molecular weight is 682 g/mol. The lowest BCUT2D eigenvalue weighted by molar-refractivity contribution is -0.125. The average Bonchev–Trinajstić information content (AvgIpc) is 3.16. The molecule has 0 aromatic carbocycles. The second-order valence-electron chi connectivity index (χ2n) is 14.9. The molecule has 10 heteroatoms. The van der Waals surface area contributed by atoms with Gasteiger partial charge in [-0.25, -0.2) is 4.39 Å². The second-order valence-corrected chi connectivity index (χ2v) is 15.6. The molecule has 1 amide bonds. The van der Waals surface area contributed by atoms with E-state index in [-0.39, 0.29) is 17.4 Å². The number of nitrogens with one attached hydrogen (secondary N) is 3. The molecule has 0 aromatic rings. The molecule has 1 aliphatic carbocycles. The van der Waals surface area contributed by atoms with Gasteiger partial charge in [0.1, 0.15) is 6.17 Å². The van der Waals surface area contributed by atoms with Crippen molar-refractivity contribution in [3.05, 3.63) is 11.4 Å². The summed E-state index contributed by atoms with van der Waals surface area (Å²) in [4.78, 5) is 20.5. The van der Waals surface area contributed by atoms with Crippen LogP contribution in [0.5, 0.6) is 0 Å². The maximum absolute atomic E-state index is 15.5. The van der Waals surface area contributed by atoms with E-state index in [0.29, 0.717) is 18.9 Å². The van der Waals surface area contributed by atoms with Crippen LogP contribution in [0.3, 0.4) is 0 Å². The van der Waals surface area contributed by atoms with Gasteiger partial charge in [-0.3, -0.25) is 9.79 Å². The number of nitrogens with zero attached hydrogens (tertiary/aromatic N) is 2. The lowest BCUT2D eigenvalue weighted by Gasteiger charge is -2.47. The third-order valence-electron chi connectivity index (χ3n) is 11.2. The van der Waals surface area contributed by atoms with E-state index < -0.39 is 29.2 Å². The van der Waals surface area contributed by atoms with Crippen LogP contribution in [0.1, 0.15) is 131 Å². The van der Waals surface area contributed by atoms with Gasteiger partial charge in [0, 0.05) is 38.9 Å². The van der Waals surface area contributed by atoms with Crippen molar-refractivity contribution in [3.63, 3.8) is 0 Å². The Morgan fingerprint density at radius 3 is 2.38 bits per heavy atom. The van der Waals surface area contributed by atoms with E-state index in [0.717, 1.165) is 115 Å². The number of fused-ring (bicyclic) bond motifs is 5. The van der Waals surface area contributed by atoms with E-state index in [4.69, 9.17) is 23.1 Å². The zero-order chi connectivity index (χ0) is 34.5. The number of halogens is 2. The van der Waals surface area contributed by atoms with Crippen molar-refractivity contribution < 1.29 is 9.18 Å². The fourth-order valence-corrected chi connectivity index (χ4v) is 8.94. The van der Waals surface area contributed by atoms with Crippen molar-refractivity contribution in [2.75, 3.05) is 32.7 Å². The Bertz CT molecular complexity index is 995. The number of amides is 1. The highest BCUT2D eigenvalue weighted by Gasteiger charge is 2.46. The molecule has 6 unspecified atom stereocenters. The number of piperazine rings is 1. The smallest absolute Gasteiger partial charge is 0.232 e. The van der Waals surface area contributed by atoms with Crippen LogP contribution >= 0.6 is 11.6 Å². The van der Waals surface area contributed by atoms with Gasteiger partial charge in [0.05, 0.1) is 40.4 Å². The van der Waals surface area contributed by atoms with Crippen LogP contribution in [0.25, 0.3) is 0 Å². The molecule has 4 rings (SSSR count). The van der Waals surface area contributed by atoms with Crippen molar-refractivity contribution in [2.45, 2.75) is 160 Å². The molecule has 0 aromatic heterocycles. The molecular formula is C37H69ClFN7O. The van der Waals surface area contributed by atoms with E-state index in [9.17, 15) is 4.79 Å². The summed E-state index contributed by atoms with van der Waals surface area (Å²) < 4.78 is 15.5. The van der Waals surface area contributed by atoms with Gasteiger partial charge in [-0.1, -0.05) is 79.1 Å². The molecule has 0 spiro atoms. The van der Waals surface area contributed by atoms with Crippen molar-refractivity contribution >= 4 is 23.7 Å². The largest absolute Gasteiger partial charge is 0.369 e. The van der Waals surface area contributed by atoms with E-state index in [1.54, 1.807) is 0 Å². The molecule has 3 aliphatic heterocycles. The summed E-state index contributed by atoms with van der Waals surface area (Å²) in [5.74, 6) is -0.726. The molecule has 272 valence electrons. The minimum Gasteiger partial charge on any atom is -0.369 e. The van der Waals surface area contributed by atoms with Crippen LogP contribution in [0, 0.1) is 17.3 Å². The topological polar surface area (TPSA) is 121 Å². The number of rotatable bonds is 19. The fourth-order valence-electron chi connectivity index (χ4n) is 8.51. The molecule has 2 fully saturated rings. The third kappa shape index (κ3) is 11.1. The Labute approximate surface area is 291 Å². The fraction of sp³-hybridized carbons (Fsp3) is 0.892. The van der Waals surface area contributed by atoms with Crippen LogP contribution in [0.15, 0.2) is 16.4 Å². The first-order chi connectivity index (χ1) is 22.5. The van der Waals surface area contributed by atoms with E-state index >= 15 is 4.39 Å². The Balaban J connectivity index is 1.82. The lowest BCUT2D eigenvalue weighted by atomic mass is 9.71. The summed E-state index contributed by atoms with van der Waals surface area (Å²) in [6.07, 6.45) is 14.9. The molecular weight excluding hydrogens is 613 g/mol. The van der Waals surface area contributed by atoms with Crippen LogP contribution in [-0.2, 0) is 4.79 Å². The zero-order valence-corrected chi connectivity index (χ0v) is 31.2. The van der Waals surface area contributed by atoms with Gasteiger partial charge in [0.25, 0.3) is 0 Å². The lowest BCUT2D eigenvalue weighted by Crippen LogP contribution is -2.61. The first-order valence-corrected chi connectivity index (χ1v) is 19.5. The Hall–Kier alpha value is -1.26. The minimum atomic E-state index is -1.17. The Kier molecular flexibility index (Phi) is 16.9. The van der Waals surface area contributed by atoms with Crippen molar-refractivity contribution in [2.24, 2.45) is 33.7 Å². The SMILES string of the molecule is CCCCC(CCC)(CCCC)CCC(F)/C=N\C(C)C(C(=O)NC1=C(N2CCNCC2)C2(Cl)CCCCC(CC)C1NC2)C(N)N. The van der Waals surface area contributed by atoms with Crippen molar-refractivity contribution in [1.29, 1.82) is 0 Å². The van der Waals surface area contributed by atoms with Crippen LogP contribution < -0.4 is 27.4 Å². The summed E-state index contributed by atoms with van der Waals surface area (Å²) in [6.45, 7) is 14.8. The monoisotopic (exact) mass is 682 g/mol. The van der Waals surface area contributed by atoms with Gasteiger partial charge >= 0.3 is 0 Å².